The van der Waals surface area contributed by atoms with Crippen molar-refractivity contribution in [1.82, 2.24) is 25.0 Å². The molecule has 152 valence electrons. The Morgan fingerprint density at radius 3 is 2.62 bits per heavy atom. The van der Waals surface area contributed by atoms with E-state index in [1.165, 1.54) is 0 Å². The lowest BCUT2D eigenvalue weighted by atomic mass is 9.92. The van der Waals surface area contributed by atoms with Gasteiger partial charge in [-0.3, -0.25) is 24.0 Å². The van der Waals surface area contributed by atoms with Crippen molar-refractivity contribution in [3.05, 3.63) is 42.4 Å². The van der Waals surface area contributed by atoms with Crippen molar-refractivity contribution in [3.8, 4) is 0 Å². The van der Waals surface area contributed by atoms with Crippen molar-refractivity contribution < 1.29 is 14.4 Å². The first kappa shape index (κ1) is 19.1. The van der Waals surface area contributed by atoms with Gasteiger partial charge in [0.05, 0.1) is 0 Å². The zero-order valence-electron chi connectivity index (χ0n) is 16.1. The van der Waals surface area contributed by atoms with Gasteiger partial charge in [0.25, 0.3) is 0 Å². The third kappa shape index (κ3) is 4.44. The first-order valence-electron chi connectivity index (χ1n) is 9.95. The van der Waals surface area contributed by atoms with E-state index >= 15 is 0 Å². The summed E-state index contributed by atoms with van der Waals surface area (Å²) in [7, 11) is 0. The molecule has 2 aromatic rings. The molecular weight excluding hydrogens is 372 g/mol. The average Bonchev–Trinajstić information content (AvgIpc) is 3.27. The van der Waals surface area contributed by atoms with Gasteiger partial charge in [-0.25, -0.2) is 0 Å². The second-order valence-corrected chi connectivity index (χ2v) is 7.45. The molecule has 29 heavy (non-hydrogen) atoms. The number of rotatable bonds is 6. The summed E-state index contributed by atoms with van der Waals surface area (Å²) in [5, 5.41) is 9.30. The highest BCUT2D eigenvalue weighted by Gasteiger charge is 2.39. The first-order valence-corrected chi connectivity index (χ1v) is 9.95. The highest BCUT2D eigenvalue weighted by Crippen LogP contribution is 2.28. The van der Waals surface area contributed by atoms with Gasteiger partial charge >= 0.3 is 11.8 Å². The van der Waals surface area contributed by atoms with Crippen molar-refractivity contribution in [3.63, 3.8) is 0 Å². The van der Waals surface area contributed by atoms with Crippen LogP contribution in [0.4, 0.5) is 5.82 Å². The average molecular weight is 396 g/mol. The first-order chi connectivity index (χ1) is 14.1. The lowest BCUT2D eigenvalue weighted by molar-refractivity contribution is -0.139. The monoisotopic (exact) mass is 396 g/mol. The maximum atomic E-state index is 12.4. The molecule has 0 radical (unpaired) electrons. The van der Waals surface area contributed by atoms with Crippen molar-refractivity contribution >= 4 is 23.5 Å². The Bertz CT molecular complexity index is 893. The number of carbonyl (C=O) groups is 3. The molecule has 1 unspecified atom stereocenters. The second-order valence-electron chi connectivity index (χ2n) is 7.45. The van der Waals surface area contributed by atoms with Crippen LogP contribution in [0.1, 0.15) is 31.2 Å². The largest absolute Gasteiger partial charge is 0.338 e. The highest BCUT2D eigenvalue weighted by molar-refractivity contribution is 6.39. The Labute approximate surface area is 168 Å². The number of nitrogens with zero attached hydrogens (tertiary/aromatic N) is 4. The summed E-state index contributed by atoms with van der Waals surface area (Å²) in [5.74, 6) is -1.42. The van der Waals surface area contributed by atoms with Gasteiger partial charge in [-0.15, -0.1) is 0 Å². The molecule has 1 saturated carbocycles. The van der Waals surface area contributed by atoms with Crippen LogP contribution in [0.3, 0.4) is 0 Å². The maximum Gasteiger partial charge on any atom is 0.314 e. The molecule has 3 amide bonds. The van der Waals surface area contributed by atoms with Crippen LogP contribution < -0.4 is 10.6 Å². The van der Waals surface area contributed by atoms with E-state index in [0.29, 0.717) is 31.4 Å². The van der Waals surface area contributed by atoms with E-state index in [4.69, 9.17) is 0 Å². The molecule has 1 atom stereocenters. The van der Waals surface area contributed by atoms with Crippen LogP contribution in [0.5, 0.6) is 0 Å². The summed E-state index contributed by atoms with van der Waals surface area (Å²) in [4.78, 5) is 42.6. The predicted octanol–water partition coefficient (Wildman–Crippen LogP) is 0.729. The highest BCUT2D eigenvalue weighted by atomic mass is 16.2. The second kappa shape index (κ2) is 8.42. The normalized spacial score (nSPS) is 19.1. The minimum atomic E-state index is -0.820. The molecule has 0 bridgehead atoms. The number of likely N-dealkylation sites (tertiary alicyclic amines) is 1. The number of amides is 3. The van der Waals surface area contributed by atoms with Gasteiger partial charge in [-0.1, -0.05) is 0 Å². The van der Waals surface area contributed by atoms with Gasteiger partial charge in [-0.2, -0.15) is 5.10 Å². The number of nitrogens with one attached hydrogen (secondary N) is 2. The third-order valence-electron chi connectivity index (χ3n) is 5.53. The molecule has 0 spiro atoms. The maximum absolute atomic E-state index is 12.4. The fourth-order valence-electron chi connectivity index (χ4n) is 3.64. The molecule has 2 N–H and O–H groups in total. The molecule has 1 aliphatic heterocycles. The van der Waals surface area contributed by atoms with E-state index in [9.17, 15) is 14.4 Å². The van der Waals surface area contributed by atoms with Crippen molar-refractivity contribution in [2.75, 3.05) is 11.9 Å². The van der Waals surface area contributed by atoms with E-state index in [1.807, 2.05) is 17.0 Å². The van der Waals surface area contributed by atoms with Gasteiger partial charge in [0.2, 0.25) is 5.91 Å². The van der Waals surface area contributed by atoms with Gasteiger partial charge < -0.3 is 15.5 Å². The fourth-order valence-corrected chi connectivity index (χ4v) is 3.64. The third-order valence-corrected chi connectivity index (χ3v) is 5.53. The van der Waals surface area contributed by atoms with Crippen molar-refractivity contribution in [2.24, 2.45) is 0 Å². The van der Waals surface area contributed by atoms with Gasteiger partial charge in [-0.05, 0) is 49.8 Å². The van der Waals surface area contributed by atoms with E-state index in [1.54, 1.807) is 29.3 Å². The Hall–Kier alpha value is -3.23. The Morgan fingerprint density at radius 1 is 1.10 bits per heavy atom. The van der Waals surface area contributed by atoms with Crippen LogP contribution in [-0.2, 0) is 27.3 Å². The fraction of sp³-hybridized carbons (Fsp3) is 0.450. The summed E-state index contributed by atoms with van der Waals surface area (Å²) < 4.78 is 1.70. The molecule has 2 aromatic heterocycles. The number of aromatic nitrogens is 3. The van der Waals surface area contributed by atoms with Crippen LogP contribution in [-0.4, -0.2) is 56.0 Å². The molecule has 2 aliphatic rings. The number of hydrogen-bond acceptors (Lipinski definition) is 5. The molecule has 9 heteroatoms. The van der Waals surface area contributed by atoms with Gasteiger partial charge in [0, 0.05) is 43.8 Å². The van der Waals surface area contributed by atoms with Crippen LogP contribution in [0.15, 0.2) is 36.8 Å². The standard InChI is InChI=1S/C20H24N6O3/c27-18(22-16-7-13-26(20(16)29)15-2-1-3-15)19(28)23-17-8-12-25(24-17)11-6-14-4-9-21-10-5-14/h4-5,8-10,12,15-16H,1-3,6-7,11,13H2,(H,22,27)(H,23,24,28). The molecule has 0 aromatic carbocycles. The SMILES string of the molecule is O=C(Nc1ccn(CCc2ccncc2)n1)C(=O)NC1CCN(C2CCC2)C1=O. The van der Waals surface area contributed by atoms with Crippen molar-refractivity contribution in [1.29, 1.82) is 0 Å². The summed E-state index contributed by atoms with van der Waals surface area (Å²) in [6.45, 7) is 1.28. The lowest BCUT2D eigenvalue weighted by Gasteiger charge is -2.34. The lowest BCUT2D eigenvalue weighted by Crippen LogP contribution is -2.48. The molecular formula is C20H24N6O3. The molecule has 2 fully saturated rings. The quantitative estimate of drug-likeness (QED) is 0.700. The zero-order chi connectivity index (χ0) is 20.2. The Kier molecular flexibility index (Phi) is 5.55. The summed E-state index contributed by atoms with van der Waals surface area (Å²) in [6.07, 6.45) is 9.73. The number of pyridine rings is 1. The van der Waals surface area contributed by atoms with Crippen LogP contribution in [0.2, 0.25) is 0 Å². The number of hydrogen-bond donors (Lipinski definition) is 2. The summed E-state index contributed by atoms with van der Waals surface area (Å²) in [5.41, 5.74) is 1.14. The van der Waals surface area contributed by atoms with Crippen LogP contribution >= 0.6 is 0 Å². The van der Waals surface area contributed by atoms with Crippen molar-refractivity contribution in [2.45, 2.75) is 50.7 Å². The minimum absolute atomic E-state index is 0.0868. The topological polar surface area (TPSA) is 109 Å². The van der Waals surface area contributed by atoms with Gasteiger partial charge in [0.15, 0.2) is 5.82 Å². The zero-order valence-corrected chi connectivity index (χ0v) is 16.1. The van der Waals surface area contributed by atoms with Crippen LogP contribution in [0.25, 0.3) is 0 Å². The van der Waals surface area contributed by atoms with Gasteiger partial charge in [0.1, 0.15) is 6.04 Å². The summed E-state index contributed by atoms with van der Waals surface area (Å²) >= 11 is 0. The molecule has 3 heterocycles. The minimum Gasteiger partial charge on any atom is -0.338 e. The number of carbonyl (C=O) groups excluding carboxylic acids is 3. The smallest absolute Gasteiger partial charge is 0.314 e. The summed E-state index contributed by atoms with van der Waals surface area (Å²) in [6, 6.07) is 5.19. The predicted molar refractivity (Wildman–Crippen MR) is 105 cm³/mol. The Balaban J connectivity index is 1.25. The van der Waals surface area contributed by atoms with E-state index < -0.39 is 17.9 Å². The molecule has 1 aliphatic carbocycles. The van der Waals surface area contributed by atoms with E-state index in [-0.39, 0.29) is 5.91 Å². The Morgan fingerprint density at radius 2 is 1.90 bits per heavy atom. The number of aryl methyl sites for hydroxylation is 2. The van der Waals surface area contributed by atoms with Crippen LogP contribution in [0, 0.1) is 0 Å². The molecule has 4 rings (SSSR count). The molecule has 9 nitrogen and oxygen atoms in total. The van der Waals surface area contributed by atoms with E-state index in [0.717, 1.165) is 31.2 Å². The number of anilines is 1. The molecule has 1 saturated heterocycles. The van der Waals surface area contributed by atoms with E-state index in [2.05, 4.69) is 20.7 Å².